The van der Waals surface area contributed by atoms with Crippen molar-refractivity contribution < 1.29 is 9.59 Å². The number of nitrogens with zero attached hydrogens (tertiary/aromatic N) is 2. The number of pyridine rings is 1. The Hall–Kier alpha value is -2.28. The molecule has 0 atom stereocenters. The SMILES string of the molecule is O=C(NNC(=O)c1cscn1)c1ccccn1. The molecule has 0 unspecified atom stereocenters. The van der Waals surface area contributed by atoms with Gasteiger partial charge in [0.2, 0.25) is 0 Å². The molecule has 2 aromatic heterocycles. The van der Waals surface area contributed by atoms with E-state index in [4.69, 9.17) is 0 Å². The van der Waals surface area contributed by atoms with Crippen LogP contribution in [0.3, 0.4) is 0 Å². The second-order valence-electron chi connectivity index (χ2n) is 3.00. The Balaban J connectivity index is 1.91. The number of aromatic nitrogens is 2. The van der Waals surface area contributed by atoms with Crippen LogP contribution in [0.1, 0.15) is 21.0 Å². The third-order valence-electron chi connectivity index (χ3n) is 1.85. The van der Waals surface area contributed by atoms with Crippen molar-refractivity contribution in [2.75, 3.05) is 0 Å². The van der Waals surface area contributed by atoms with Gasteiger partial charge in [-0.15, -0.1) is 11.3 Å². The van der Waals surface area contributed by atoms with Crippen LogP contribution in [0.5, 0.6) is 0 Å². The molecule has 0 saturated heterocycles. The largest absolute Gasteiger partial charge is 0.289 e. The normalized spacial score (nSPS) is 9.65. The van der Waals surface area contributed by atoms with E-state index in [-0.39, 0.29) is 11.4 Å². The Morgan fingerprint density at radius 3 is 2.41 bits per heavy atom. The summed E-state index contributed by atoms with van der Waals surface area (Å²) in [6.07, 6.45) is 1.50. The van der Waals surface area contributed by atoms with E-state index < -0.39 is 11.8 Å². The molecule has 0 aliphatic rings. The second-order valence-corrected chi connectivity index (χ2v) is 3.72. The third-order valence-corrected chi connectivity index (χ3v) is 2.44. The first-order chi connectivity index (χ1) is 8.27. The van der Waals surface area contributed by atoms with Gasteiger partial charge in [0.15, 0.2) is 0 Å². The quantitative estimate of drug-likeness (QED) is 0.763. The van der Waals surface area contributed by atoms with Crippen molar-refractivity contribution in [2.45, 2.75) is 0 Å². The summed E-state index contributed by atoms with van der Waals surface area (Å²) in [5, 5.41) is 1.59. The fraction of sp³-hybridized carbons (Fsp3) is 0. The first kappa shape index (κ1) is 11.2. The van der Waals surface area contributed by atoms with E-state index in [1.54, 1.807) is 23.6 Å². The number of hydrazine groups is 1. The number of hydrogen-bond donors (Lipinski definition) is 2. The number of carbonyl (C=O) groups is 2. The Labute approximate surface area is 101 Å². The molecule has 6 nitrogen and oxygen atoms in total. The Kier molecular flexibility index (Phi) is 3.41. The van der Waals surface area contributed by atoms with Gasteiger partial charge in [0.05, 0.1) is 5.51 Å². The van der Waals surface area contributed by atoms with Crippen molar-refractivity contribution in [1.82, 2.24) is 20.8 Å². The van der Waals surface area contributed by atoms with Crippen LogP contribution in [0, 0.1) is 0 Å². The summed E-state index contributed by atoms with van der Waals surface area (Å²) in [7, 11) is 0. The molecule has 7 heteroatoms. The van der Waals surface area contributed by atoms with Crippen LogP contribution in [-0.2, 0) is 0 Å². The van der Waals surface area contributed by atoms with Crippen LogP contribution < -0.4 is 10.9 Å². The number of rotatable bonds is 2. The van der Waals surface area contributed by atoms with Crippen molar-refractivity contribution in [1.29, 1.82) is 0 Å². The summed E-state index contributed by atoms with van der Waals surface area (Å²) in [6, 6.07) is 4.93. The monoisotopic (exact) mass is 248 g/mol. The Bertz CT molecular complexity index is 512. The first-order valence-electron chi connectivity index (χ1n) is 4.67. The number of thiazole rings is 1. The highest BCUT2D eigenvalue weighted by Crippen LogP contribution is 1.99. The maximum Gasteiger partial charge on any atom is 0.289 e. The lowest BCUT2D eigenvalue weighted by molar-refractivity contribution is 0.0841. The van der Waals surface area contributed by atoms with Crippen LogP contribution in [0.15, 0.2) is 35.3 Å². The van der Waals surface area contributed by atoms with E-state index in [1.807, 2.05) is 0 Å². The molecule has 0 spiro atoms. The van der Waals surface area contributed by atoms with E-state index in [0.717, 1.165) is 0 Å². The minimum absolute atomic E-state index is 0.228. The smallest absolute Gasteiger partial charge is 0.266 e. The van der Waals surface area contributed by atoms with Gasteiger partial charge in [0, 0.05) is 11.6 Å². The Morgan fingerprint density at radius 1 is 1.06 bits per heavy atom. The average molecular weight is 248 g/mol. The van der Waals surface area contributed by atoms with Crippen LogP contribution in [-0.4, -0.2) is 21.8 Å². The molecule has 2 N–H and O–H groups in total. The summed E-state index contributed by atoms with van der Waals surface area (Å²) >= 11 is 1.30. The first-order valence-corrected chi connectivity index (χ1v) is 5.61. The van der Waals surface area contributed by atoms with Crippen LogP contribution >= 0.6 is 11.3 Å². The zero-order valence-corrected chi connectivity index (χ0v) is 9.40. The van der Waals surface area contributed by atoms with Crippen molar-refractivity contribution in [3.8, 4) is 0 Å². The maximum absolute atomic E-state index is 11.5. The fourth-order valence-corrected chi connectivity index (χ4v) is 1.60. The van der Waals surface area contributed by atoms with Gasteiger partial charge in [0.25, 0.3) is 11.8 Å². The second kappa shape index (κ2) is 5.17. The van der Waals surface area contributed by atoms with E-state index in [0.29, 0.717) is 0 Å². The van der Waals surface area contributed by atoms with Crippen molar-refractivity contribution in [3.63, 3.8) is 0 Å². The van der Waals surface area contributed by atoms with Gasteiger partial charge in [-0.2, -0.15) is 0 Å². The van der Waals surface area contributed by atoms with Crippen LogP contribution in [0.4, 0.5) is 0 Å². The third kappa shape index (κ3) is 2.85. The molecule has 0 aliphatic heterocycles. The number of hydrogen-bond acceptors (Lipinski definition) is 5. The predicted molar refractivity (Wildman–Crippen MR) is 61.3 cm³/mol. The number of carbonyl (C=O) groups excluding carboxylic acids is 2. The topological polar surface area (TPSA) is 84.0 Å². The van der Waals surface area contributed by atoms with Gasteiger partial charge < -0.3 is 0 Å². The summed E-state index contributed by atoms with van der Waals surface area (Å²) in [4.78, 5) is 30.6. The van der Waals surface area contributed by atoms with Crippen molar-refractivity contribution in [3.05, 3.63) is 46.7 Å². The molecular formula is C10H8N4O2S. The van der Waals surface area contributed by atoms with Gasteiger partial charge in [-0.3, -0.25) is 25.4 Å². The molecule has 0 bridgehead atoms. The van der Waals surface area contributed by atoms with Crippen molar-refractivity contribution in [2.24, 2.45) is 0 Å². The van der Waals surface area contributed by atoms with E-state index >= 15 is 0 Å². The zero-order chi connectivity index (χ0) is 12.1. The fourth-order valence-electron chi connectivity index (χ4n) is 1.06. The van der Waals surface area contributed by atoms with Gasteiger partial charge in [-0.1, -0.05) is 6.07 Å². The van der Waals surface area contributed by atoms with E-state index in [9.17, 15) is 9.59 Å². The standard InChI is InChI=1S/C10H8N4O2S/c15-9(7-3-1-2-4-11-7)13-14-10(16)8-5-17-6-12-8/h1-6H,(H,13,15)(H,14,16). The van der Waals surface area contributed by atoms with Gasteiger partial charge in [-0.05, 0) is 12.1 Å². The summed E-state index contributed by atoms with van der Waals surface area (Å²) in [6.45, 7) is 0. The molecule has 0 saturated carbocycles. The molecule has 17 heavy (non-hydrogen) atoms. The van der Waals surface area contributed by atoms with Crippen LogP contribution in [0.25, 0.3) is 0 Å². The molecule has 0 radical (unpaired) electrons. The average Bonchev–Trinajstić information content (AvgIpc) is 2.90. The molecule has 0 aromatic carbocycles. The molecule has 2 rings (SSSR count). The van der Waals surface area contributed by atoms with E-state index in [1.165, 1.54) is 23.0 Å². The lowest BCUT2D eigenvalue weighted by atomic mass is 10.3. The minimum Gasteiger partial charge on any atom is -0.266 e. The highest BCUT2D eigenvalue weighted by Gasteiger charge is 2.10. The highest BCUT2D eigenvalue weighted by atomic mass is 32.1. The number of amides is 2. The molecule has 0 fully saturated rings. The molecule has 0 aliphatic carbocycles. The van der Waals surface area contributed by atoms with Crippen molar-refractivity contribution >= 4 is 23.2 Å². The maximum atomic E-state index is 11.5. The van der Waals surface area contributed by atoms with E-state index in [2.05, 4.69) is 20.8 Å². The molecule has 86 valence electrons. The molecule has 2 amide bonds. The summed E-state index contributed by atoms with van der Waals surface area (Å²) in [5.41, 5.74) is 6.53. The predicted octanol–water partition coefficient (Wildman–Crippen LogP) is 0.613. The lowest BCUT2D eigenvalue weighted by Crippen LogP contribution is -2.42. The zero-order valence-electron chi connectivity index (χ0n) is 8.58. The van der Waals surface area contributed by atoms with Gasteiger partial charge in [-0.25, -0.2) is 4.98 Å². The number of nitrogens with one attached hydrogen (secondary N) is 2. The highest BCUT2D eigenvalue weighted by molar-refractivity contribution is 7.07. The van der Waals surface area contributed by atoms with Gasteiger partial charge in [0.1, 0.15) is 11.4 Å². The molecule has 2 aromatic rings. The lowest BCUT2D eigenvalue weighted by Gasteiger charge is -2.04. The summed E-state index contributed by atoms with van der Waals surface area (Å²) < 4.78 is 0. The molecular weight excluding hydrogens is 240 g/mol. The summed E-state index contributed by atoms with van der Waals surface area (Å²) in [5.74, 6) is -0.940. The molecule has 2 heterocycles. The van der Waals surface area contributed by atoms with Gasteiger partial charge >= 0.3 is 0 Å². The van der Waals surface area contributed by atoms with Crippen LogP contribution in [0.2, 0.25) is 0 Å². The minimum atomic E-state index is -0.478. The Morgan fingerprint density at radius 2 is 1.82 bits per heavy atom.